The Morgan fingerprint density at radius 1 is 1.38 bits per heavy atom. The molecule has 0 bridgehead atoms. The molecule has 0 fully saturated rings. The number of ether oxygens (including phenoxy) is 1. The van der Waals surface area contributed by atoms with Crippen LogP contribution in [0.15, 0.2) is 29.2 Å². The van der Waals surface area contributed by atoms with Gasteiger partial charge in [-0.1, -0.05) is 12.1 Å². The van der Waals surface area contributed by atoms with Gasteiger partial charge in [-0.15, -0.1) is 0 Å². The van der Waals surface area contributed by atoms with E-state index in [0.29, 0.717) is 25.2 Å². The van der Waals surface area contributed by atoms with E-state index in [-0.39, 0.29) is 0 Å². The van der Waals surface area contributed by atoms with Crippen LogP contribution in [0.5, 0.6) is 0 Å². The van der Waals surface area contributed by atoms with Gasteiger partial charge in [0.05, 0.1) is 23.5 Å². The topological polar surface area (TPSA) is 50.1 Å². The third kappa shape index (κ3) is 4.13. The molecule has 16 heavy (non-hydrogen) atoms. The molecule has 0 unspecified atom stereocenters. The van der Waals surface area contributed by atoms with Crippen molar-refractivity contribution in [2.45, 2.75) is 24.3 Å². The SMILES string of the molecule is COCc1ccc([S@@](=O)CCCC#N)cc1. The predicted molar refractivity (Wildman–Crippen MR) is 63.3 cm³/mol. The van der Waals surface area contributed by atoms with Crippen LogP contribution in [0, 0.1) is 11.3 Å². The molecule has 0 aliphatic rings. The Labute approximate surface area is 98.5 Å². The first-order valence-electron chi connectivity index (χ1n) is 5.11. The number of methoxy groups -OCH3 is 1. The van der Waals surface area contributed by atoms with Gasteiger partial charge in [-0.2, -0.15) is 5.26 Å². The van der Waals surface area contributed by atoms with E-state index >= 15 is 0 Å². The van der Waals surface area contributed by atoms with Gasteiger partial charge in [0.1, 0.15) is 0 Å². The van der Waals surface area contributed by atoms with Gasteiger partial charge in [0.2, 0.25) is 0 Å². The van der Waals surface area contributed by atoms with Crippen molar-refractivity contribution in [3.8, 4) is 6.07 Å². The molecule has 0 saturated carbocycles. The van der Waals surface area contributed by atoms with Crippen LogP contribution in [-0.4, -0.2) is 17.1 Å². The molecular formula is C12H15NO2S. The molecule has 1 atom stereocenters. The first kappa shape index (κ1) is 12.9. The molecule has 1 aromatic carbocycles. The van der Waals surface area contributed by atoms with Gasteiger partial charge in [-0.05, 0) is 24.1 Å². The van der Waals surface area contributed by atoms with Crippen LogP contribution in [0.25, 0.3) is 0 Å². The molecule has 0 amide bonds. The lowest BCUT2D eigenvalue weighted by molar-refractivity contribution is 0.185. The highest BCUT2D eigenvalue weighted by Crippen LogP contribution is 2.11. The fourth-order valence-corrected chi connectivity index (χ4v) is 2.39. The van der Waals surface area contributed by atoms with Crippen LogP contribution < -0.4 is 0 Å². The maximum atomic E-state index is 11.8. The van der Waals surface area contributed by atoms with E-state index in [1.54, 1.807) is 7.11 Å². The lowest BCUT2D eigenvalue weighted by Gasteiger charge is -2.03. The maximum Gasteiger partial charge on any atom is 0.0713 e. The van der Waals surface area contributed by atoms with Crippen molar-refractivity contribution in [1.29, 1.82) is 5.26 Å². The summed E-state index contributed by atoms with van der Waals surface area (Å²) in [6, 6.07) is 9.60. The van der Waals surface area contributed by atoms with E-state index in [2.05, 4.69) is 0 Å². The van der Waals surface area contributed by atoms with Crippen molar-refractivity contribution in [2.75, 3.05) is 12.9 Å². The summed E-state index contributed by atoms with van der Waals surface area (Å²) in [5.41, 5.74) is 1.07. The number of unbranched alkanes of at least 4 members (excludes halogenated alkanes) is 1. The first-order valence-corrected chi connectivity index (χ1v) is 6.43. The van der Waals surface area contributed by atoms with E-state index in [1.165, 1.54) is 0 Å². The Bertz CT molecular complexity index is 381. The summed E-state index contributed by atoms with van der Waals surface area (Å²) in [5, 5.41) is 8.38. The van der Waals surface area contributed by atoms with Crippen LogP contribution >= 0.6 is 0 Å². The molecule has 1 rings (SSSR count). The van der Waals surface area contributed by atoms with Gasteiger partial charge in [0.25, 0.3) is 0 Å². The summed E-state index contributed by atoms with van der Waals surface area (Å²) in [4.78, 5) is 0.817. The molecule has 86 valence electrons. The average Bonchev–Trinajstić information content (AvgIpc) is 2.30. The van der Waals surface area contributed by atoms with E-state index in [1.807, 2.05) is 30.3 Å². The normalized spacial score (nSPS) is 12.0. The number of hydrogen-bond donors (Lipinski definition) is 0. The molecule has 0 aromatic heterocycles. The molecule has 4 heteroatoms. The highest BCUT2D eigenvalue weighted by molar-refractivity contribution is 7.85. The van der Waals surface area contributed by atoms with Crippen molar-refractivity contribution >= 4 is 10.8 Å². The summed E-state index contributed by atoms with van der Waals surface area (Å²) in [6.07, 6.45) is 1.15. The highest BCUT2D eigenvalue weighted by atomic mass is 32.2. The van der Waals surface area contributed by atoms with Crippen LogP contribution in [0.1, 0.15) is 18.4 Å². The summed E-state index contributed by atoms with van der Waals surface area (Å²) < 4.78 is 16.8. The Balaban J connectivity index is 2.53. The number of rotatable bonds is 6. The summed E-state index contributed by atoms with van der Waals surface area (Å²) in [6.45, 7) is 0.571. The Morgan fingerprint density at radius 3 is 2.62 bits per heavy atom. The zero-order valence-electron chi connectivity index (χ0n) is 9.31. The van der Waals surface area contributed by atoms with Crippen molar-refractivity contribution < 1.29 is 8.95 Å². The molecule has 1 aromatic rings. The third-order valence-corrected chi connectivity index (χ3v) is 3.57. The second kappa shape index (κ2) is 7.15. The number of nitrogens with zero attached hydrogens (tertiary/aromatic N) is 1. The summed E-state index contributed by atoms with van der Waals surface area (Å²) in [5.74, 6) is 0.553. The number of benzene rings is 1. The molecular weight excluding hydrogens is 222 g/mol. The summed E-state index contributed by atoms with van der Waals surface area (Å²) in [7, 11) is 0.658. The Hall–Kier alpha value is -1.18. The van der Waals surface area contributed by atoms with Crippen LogP contribution in [0.4, 0.5) is 0 Å². The zero-order valence-corrected chi connectivity index (χ0v) is 10.1. The van der Waals surface area contributed by atoms with Crippen molar-refractivity contribution in [3.05, 3.63) is 29.8 Å². The molecule has 3 nitrogen and oxygen atoms in total. The molecule has 0 spiro atoms. The molecule has 0 saturated heterocycles. The smallest absolute Gasteiger partial charge is 0.0713 e. The quantitative estimate of drug-likeness (QED) is 0.713. The second-order valence-corrected chi connectivity index (χ2v) is 4.96. The van der Waals surface area contributed by atoms with Gasteiger partial charge < -0.3 is 4.74 Å². The lowest BCUT2D eigenvalue weighted by atomic mass is 10.2. The van der Waals surface area contributed by atoms with Gasteiger partial charge >= 0.3 is 0 Å². The maximum absolute atomic E-state index is 11.8. The molecule has 0 aliphatic carbocycles. The minimum absolute atomic E-state index is 0.466. The molecule has 0 radical (unpaired) electrons. The monoisotopic (exact) mass is 237 g/mol. The Morgan fingerprint density at radius 2 is 2.06 bits per heavy atom. The van der Waals surface area contributed by atoms with E-state index in [4.69, 9.17) is 10.00 Å². The largest absolute Gasteiger partial charge is 0.380 e. The van der Waals surface area contributed by atoms with Crippen molar-refractivity contribution in [3.63, 3.8) is 0 Å². The van der Waals surface area contributed by atoms with Gasteiger partial charge in [-0.25, -0.2) is 0 Å². The average molecular weight is 237 g/mol. The lowest BCUT2D eigenvalue weighted by Crippen LogP contribution is -1.98. The van der Waals surface area contributed by atoms with Crippen LogP contribution in [0.3, 0.4) is 0 Å². The van der Waals surface area contributed by atoms with E-state index in [0.717, 1.165) is 10.5 Å². The van der Waals surface area contributed by atoms with E-state index < -0.39 is 10.8 Å². The minimum atomic E-state index is -0.989. The zero-order chi connectivity index (χ0) is 11.8. The van der Waals surface area contributed by atoms with Crippen molar-refractivity contribution in [1.82, 2.24) is 0 Å². The molecule has 0 N–H and O–H groups in total. The number of nitriles is 1. The van der Waals surface area contributed by atoms with Crippen LogP contribution in [-0.2, 0) is 22.1 Å². The Kier molecular flexibility index (Phi) is 5.76. The predicted octanol–water partition coefficient (Wildman–Crippen LogP) is 2.24. The fraction of sp³-hybridized carbons (Fsp3) is 0.417. The van der Waals surface area contributed by atoms with Gasteiger partial charge in [0, 0.05) is 24.2 Å². The van der Waals surface area contributed by atoms with Gasteiger partial charge in [0.15, 0.2) is 0 Å². The third-order valence-electron chi connectivity index (χ3n) is 2.12. The van der Waals surface area contributed by atoms with Crippen LogP contribution in [0.2, 0.25) is 0 Å². The molecule has 0 heterocycles. The van der Waals surface area contributed by atoms with Crippen molar-refractivity contribution in [2.24, 2.45) is 0 Å². The minimum Gasteiger partial charge on any atom is -0.380 e. The first-order chi connectivity index (χ1) is 7.77. The summed E-state index contributed by atoms with van der Waals surface area (Å²) >= 11 is 0. The van der Waals surface area contributed by atoms with Gasteiger partial charge in [-0.3, -0.25) is 4.21 Å². The standard InChI is InChI=1S/C12H15NO2S/c1-15-10-11-4-6-12(7-5-11)16(14)9-3-2-8-13/h4-7H,2-3,9-10H2,1H3/t16-/m0/s1. The second-order valence-electron chi connectivity index (χ2n) is 3.39. The van der Waals surface area contributed by atoms with E-state index in [9.17, 15) is 4.21 Å². The number of hydrogen-bond acceptors (Lipinski definition) is 3. The molecule has 0 aliphatic heterocycles. The highest BCUT2D eigenvalue weighted by Gasteiger charge is 2.03. The fourth-order valence-electron chi connectivity index (χ4n) is 1.30.